The molecular weight excluding hydrogens is 462 g/mol. The number of aromatic nitrogens is 4. The first kappa shape index (κ1) is 24.0. The Labute approximate surface area is 209 Å². The molecule has 0 saturated heterocycles. The van der Waals surface area contributed by atoms with Crippen molar-refractivity contribution >= 4 is 33.9 Å². The Hall–Kier alpha value is -3.10. The van der Waals surface area contributed by atoms with Crippen LogP contribution in [-0.2, 0) is 18.9 Å². The highest BCUT2D eigenvalue weighted by molar-refractivity contribution is 7.98. The number of hydrogen-bond donors (Lipinski definition) is 1. The third-order valence-corrected chi connectivity index (χ3v) is 6.99. The molecule has 0 aliphatic carbocycles. The maximum atomic E-state index is 6.20. The fourth-order valence-corrected chi connectivity index (χ4v) is 5.14. The number of ether oxygens (including phenoxy) is 1. The van der Waals surface area contributed by atoms with Crippen LogP contribution in [0.3, 0.4) is 0 Å². The minimum atomic E-state index is 0.354. The van der Waals surface area contributed by atoms with Gasteiger partial charge in [0.25, 0.3) is 0 Å². The predicted octanol–water partition coefficient (Wildman–Crippen LogP) is 6.97. The predicted molar refractivity (Wildman–Crippen MR) is 141 cm³/mol. The Morgan fingerprint density at radius 3 is 2.76 bits per heavy atom. The Balaban J connectivity index is 1.42. The molecule has 4 rings (SSSR count). The standard InChI is InChI=1S/C26H29N5OS2/c1-5-13-31-24(15-32-23-14-19(4)11-12-22(23)18(2)3)29-30-26(31)34-17-21-16-33-25(28-21)27-20-9-7-6-8-10-20/h5-12,14,16,18H,1,13,15,17H2,2-4H3,(H,27,28). The van der Waals surface area contributed by atoms with Crippen molar-refractivity contribution in [1.82, 2.24) is 19.7 Å². The highest BCUT2D eigenvalue weighted by Gasteiger charge is 2.15. The van der Waals surface area contributed by atoms with Gasteiger partial charge in [0.05, 0.1) is 5.69 Å². The SMILES string of the molecule is C=CCn1c(COc2cc(C)ccc2C(C)C)nnc1SCc1csc(Nc2ccccc2)n1. The maximum Gasteiger partial charge on any atom is 0.191 e. The molecule has 0 radical (unpaired) electrons. The summed E-state index contributed by atoms with van der Waals surface area (Å²) in [5.41, 5.74) is 4.40. The number of hydrogen-bond acceptors (Lipinski definition) is 7. The first-order valence-electron chi connectivity index (χ1n) is 11.2. The average Bonchev–Trinajstić information content (AvgIpc) is 3.43. The van der Waals surface area contributed by atoms with Crippen LogP contribution >= 0.6 is 23.1 Å². The van der Waals surface area contributed by atoms with E-state index in [1.54, 1.807) is 23.1 Å². The van der Waals surface area contributed by atoms with E-state index in [0.717, 1.165) is 33.2 Å². The molecule has 2 aromatic heterocycles. The van der Waals surface area contributed by atoms with Gasteiger partial charge in [0.1, 0.15) is 12.4 Å². The zero-order valence-corrected chi connectivity index (χ0v) is 21.3. The third kappa shape index (κ3) is 6.07. The summed E-state index contributed by atoms with van der Waals surface area (Å²) in [5, 5.41) is 16.0. The summed E-state index contributed by atoms with van der Waals surface area (Å²) in [4.78, 5) is 4.70. The molecule has 4 aromatic rings. The van der Waals surface area contributed by atoms with Crippen molar-refractivity contribution in [3.05, 3.63) is 89.2 Å². The van der Waals surface area contributed by atoms with E-state index < -0.39 is 0 Å². The molecule has 1 N–H and O–H groups in total. The smallest absolute Gasteiger partial charge is 0.191 e. The average molecular weight is 492 g/mol. The Kier molecular flexibility index (Phi) is 8.03. The summed E-state index contributed by atoms with van der Waals surface area (Å²) in [5.74, 6) is 2.77. The molecule has 0 atom stereocenters. The van der Waals surface area contributed by atoms with Crippen LogP contribution in [0.15, 0.2) is 71.7 Å². The van der Waals surface area contributed by atoms with Gasteiger partial charge in [-0.3, -0.25) is 4.57 Å². The number of benzene rings is 2. The molecule has 0 amide bonds. The molecule has 2 aromatic carbocycles. The van der Waals surface area contributed by atoms with E-state index >= 15 is 0 Å². The number of anilines is 2. The monoisotopic (exact) mass is 491 g/mol. The van der Waals surface area contributed by atoms with Crippen molar-refractivity contribution in [2.75, 3.05) is 5.32 Å². The summed E-state index contributed by atoms with van der Waals surface area (Å²) >= 11 is 3.21. The third-order valence-electron chi connectivity index (χ3n) is 5.18. The van der Waals surface area contributed by atoms with Crippen molar-refractivity contribution in [3.63, 3.8) is 0 Å². The van der Waals surface area contributed by atoms with Crippen LogP contribution in [0.1, 0.15) is 42.4 Å². The number of nitrogens with zero attached hydrogens (tertiary/aromatic N) is 4. The van der Waals surface area contributed by atoms with Crippen LogP contribution in [0.25, 0.3) is 0 Å². The minimum absolute atomic E-state index is 0.354. The van der Waals surface area contributed by atoms with Gasteiger partial charge in [-0.25, -0.2) is 4.98 Å². The van der Waals surface area contributed by atoms with Gasteiger partial charge in [0.2, 0.25) is 0 Å². The molecule has 0 saturated carbocycles. The van der Waals surface area contributed by atoms with Gasteiger partial charge in [-0.2, -0.15) is 0 Å². The van der Waals surface area contributed by atoms with E-state index in [0.29, 0.717) is 24.8 Å². The first-order valence-corrected chi connectivity index (χ1v) is 13.1. The summed E-state index contributed by atoms with van der Waals surface area (Å²) in [6.45, 7) is 11.3. The second kappa shape index (κ2) is 11.4. The number of rotatable bonds is 11. The second-order valence-corrected chi connectivity index (χ2v) is 10.0. The molecule has 34 heavy (non-hydrogen) atoms. The van der Waals surface area contributed by atoms with Crippen LogP contribution in [0.2, 0.25) is 0 Å². The van der Waals surface area contributed by atoms with Crippen molar-refractivity contribution in [1.29, 1.82) is 0 Å². The van der Waals surface area contributed by atoms with E-state index in [1.807, 2.05) is 36.4 Å². The van der Waals surface area contributed by atoms with E-state index in [4.69, 9.17) is 9.72 Å². The number of aryl methyl sites for hydroxylation is 1. The van der Waals surface area contributed by atoms with Gasteiger partial charge in [0, 0.05) is 23.4 Å². The highest BCUT2D eigenvalue weighted by Crippen LogP contribution is 2.29. The first-order chi connectivity index (χ1) is 16.5. The number of nitrogens with one attached hydrogen (secondary N) is 1. The summed E-state index contributed by atoms with van der Waals surface area (Å²) in [7, 11) is 0. The van der Waals surface area contributed by atoms with Crippen LogP contribution in [0, 0.1) is 6.92 Å². The molecule has 0 aliphatic heterocycles. The van der Waals surface area contributed by atoms with Crippen LogP contribution < -0.4 is 10.1 Å². The van der Waals surface area contributed by atoms with Crippen molar-refractivity contribution in [2.45, 2.75) is 50.8 Å². The number of para-hydroxylation sites is 1. The Bertz CT molecular complexity index is 1230. The molecule has 0 bridgehead atoms. The van der Waals surface area contributed by atoms with Gasteiger partial charge in [-0.1, -0.05) is 62.0 Å². The molecule has 0 fully saturated rings. The van der Waals surface area contributed by atoms with Crippen LogP contribution in [0.4, 0.5) is 10.8 Å². The van der Waals surface area contributed by atoms with Crippen molar-refractivity contribution < 1.29 is 4.74 Å². The zero-order chi connectivity index (χ0) is 23.9. The normalized spacial score (nSPS) is 11.1. The van der Waals surface area contributed by atoms with Gasteiger partial charge in [-0.05, 0) is 42.2 Å². The molecule has 6 nitrogen and oxygen atoms in total. The zero-order valence-electron chi connectivity index (χ0n) is 19.7. The highest BCUT2D eigenvalue weighted by atomic mass is 32.2. The van der Waals surface area contributed by atoms with Crippen molar-refractivity contribution in [2.24, 2.45) is 0 Å². The fourth-order valence-electron chi connectivity index (χ4n) is 3.44. The van der Waals surface area contributed by atoms with Gasteiger partial charge < -0.3 is 10.1 Å². The molecular formula is C26H29N5OS2. The molecule has 2 heterocycles. The number of thiazole rings is 1. The van der Waals surface area contributed by atoms with E-state index in [9.17, 15) is 0 Å². The molecule has 0 unspecified atom stereocenters. The lowest BCUT2D eigenvalue weighted by Crippen LogP contribution is -2.08. The van der Waals surface area contributed by atoms with Gasteiger partial charge >= 0.3 is 0 Å². The van der Waals surface area contributed by atoms with E-state index in [2.05, 4.69) is 71.0 Å². The lowest BCUT2D eigenvalue weighted by Gasteiger charge is -2.15. The molecule has 8 heteroatoms. The Morgan fingerprint density at radius 2 is 2.00 bits per heavy atom. The van der Waals surface area contributed by atoms with Gasteiger partial charge in [0.15, 0.2) is 16.1 Å². The van der Waals surface area contributed by atoms with Crippen LogP contribution in [-0.4, -0.2) is 19.7 Å². The lowest BCUT2D eigenvalue weighted by atomic mass is 10.0. The van der Waals surface area contributed by atoms with E-state index in [-0.39, 0.29) is 0 Å². The Morgan fingerprint density at radius 1 is 1.18 bits per heavy atom. The summed E-state index contributed by atoms with van der Waals surface area (Å²) < 4.78 is 8.26. The number of allylic oxidation sites excluding steroid dienone is 1. The fraction of sp³-hybridized carbons (Fsp3) is 0.269. The summed E-state index contributed by atoms with van der Waals surface area (Å²) in [6.07, 6.45) is 1.86. The minimum Gasteiger partial charge on any atom is -0.485 e. The van der Waals surface area contributed by atoms with Crippen molar-refractivity contribution in [3.8, 4) is 5.75 Å². The molecule has 0 spiro atoms. The van der Waals surface area contributed by atoms with Gasteiger partial charge in [-0.15, -0.1) is 28.1 Å². The molecule has 176 valence electrons. The second-order valence-electron chi connectivity index (χ2n) is 8.21. The maximum absolute atomic E-state index is 6.20. The molecule has 0 aliphatic rings. The van der Waals surface area contributed by atoms with E-state index in [1.165, 1.54) is 11.1 Å². The topological polar surface area (TPSA) is 64.9 Å². The van der Waals surface area contributed by atoms with Crippen LogP contribution in [0.5, 0.6) is 5.75 Å². The quantitative estimate of drug-likeness (QED) is 0.181. The lowest BCUT2D eigenvalue weighted by molar-refractivity contribution is 0.285. The number of thioether (sulfide) groups is 1. The largest absolute Gasteiger partial charge is 0.485 e. The summed E-state index contributed by atoms with van der Waals surface area (Å²) in [6, 6.07) is 16.4.